The summed E-state index contributed by atoms with van der Waals surface area (Å²) in [7, 11) is 0. The lowest BCUT2D eigenvalue weighted by Gasteiger charge is -2.25. The number of nitrogens with one attached hydrogen (secondary N) is 2. The van der Waals surface area contributed by atoms with Crippen molar-refractivity contribution in [3.8, 4) is 11.1 Å². The second-order valence-corrected chi connectivity index (χ2v) is 9.48. The van der Waals surface area contributed by atoms with Gasteiger partial charge in [0, 0.05) is 45.8 Å². The molecule has 1 aliphatic rings. The minimum Gasteiger partial charge on any atom is -0.396 e. The summed E-state index contributed by atoms with van der Waals surface area (Å²) in [5, 5.41) is 18.7. The van der Waals surface area contributed by atoms with Crippen LogP contribution in [0.4, 0.5) is 34.6 Å². The zero-order chi connectivity index (χ0) is 29.2. The summed E-state index contributed by atoms with van der Waals surface area (Å²) < 4.78 is 57.8. The van der Waals surface area contributed by atoms with Crippen LogP contribution < -0.4 is 15.3 Å². The number of ketones is 2. The molecular formula is C27H27F4N4O3S+. The predicted octanol–water partition coefficient (Wildman–Crippen LogP) is 6.56. The van der Waals surface area contributed by atoms with Crippen molar-refractivity contribution >= 4 is 47.2 Å². The number of nitrogen functional groups attached to an aromatic ring is 1. The lowest BCUT2D eigenvalue weighted by molar-refractivity contribution is -0.111. The molecule has 0 aromatic heterocycles. The molecule has 206 valence electrons. The molecule has 5 N–H and O–H groups in total. The molecule has 0 heterocycles. The molecule has 0 amide bonds. The molecule has 0 bridgehead atoms. The third-order valence-corrected chi connectivity index (χ3v) is 6.18. The van der Waals surface area contributed by atoms with Gasteiger partial charge in [-0.1, -0.05) is 26.3 Å². The number of rotatable bonds is 6. The van der Waals surface area contributed by atoms with Crippen LogP contribution in [0.5, 0.6) is 0 Å². The Balaban J connectivity index is 0.00000134. The number of hydrogen-bond acceptors (Lipinski definition) is 7. The smallest absolute Gasteiger partial charge is 0.210 e. The number of carbonyl (C=O) groups excluding carboxylic acids is 2. The fourth-order valence-corrected chi connectivity index (χ4v) is 4.38. The van der Waals surface area contributed by atoms with Crippen molar-refractivity contribution in [2.75, 3.05) is 11.2 Å². The molecule has 0 saturated carbocycles. The molecule has 0 radical (unpaired) electrons. The number of nitrogens with zero attached hydrogens (tertiary/aromatic N) is 1. The first-order valence-electron chi connectivity index (χ1n) is 11.9. The van der Waals surface area contributed by atoms with Gasteiger partial charge >= 0.3 is 0 Å². The highest BCUT2D eigenvalue weighted by Gasteiger charge is 2.37. The molecule has 1 atom stereocenters. The van der Waals surface area contributed by atoms with E-state index >= 15 is 8.78 Å². The Morgan fingerprint density at radius 2 is 1.72 bits per heavy atom. The van der Waals surface area contributed by atoms with Gasteiger partial charge in [0.05, 0.1) is 11.3 Å². The molecular weight excluding hydrogens is 536 g/mol. The molecule has 0 spiro atoms. The molecule has 4 rings (SSSR count). The van der Waals surface area contributed by atoms with Crippen molar-refractivity contribution in [2.45, 2.75) is 40.0 Å². The van der Waals surface area contributed by atoms with Gasteiger partial charge in [-0.2, -0.15) is 10.6 Å². The van der Waals surface area contributed by atoms with Crippen LogP contribution in [0.2, 0.25) is 0 Å². The van der Waals surface area contributed by atoms with E-state index in [-0.39, 0.29) is 35.4 Å². The molecule has 0 aliphatic heterocycles. The first kappa shape index (κ1) is 29.8. The van der Waals surface area contributed by atoms with Crippen LogP contribution in [0.15, 0.2) is 36.4 Å². The summed E-state index contributed by atoms with van der Waals surface area (Å²) in [6.07, 6.45) is 1.53. The van der Waals surface area contributed by atoms with Gasteiger partial charge in [-0.05, 0) is 30.7 Å². The van der Waals surface area contributed by atoms with E-state index in [4.69, 9.17) is 11.1 Å². The van der Waals surface area contributed by atoms with Crippen LogP contribution >= 0.6 is 12.8 Å². The van der Waals surface area contributed by atoms with Crippen LogP contribution in [0.25, 0.3) is 11.1 Å². The fourth-order valence-electron chi connectivity index (χ4n) is 4.09. The molecule has 0 saturated heterocycles. The van der Waals surface area contributed by atoms with Crippen LogP contribution in [0.3, 0.4) is 0 Å². The summed E-state index contributed by atoms with van der Waals surface area (Å²) in [6, 6.07) is 5.73. The predicted molar refractivity (Wildman–Crippen MR) is 145 cm³/mol. The SMILES string of the molecule is CC(=O)C(=N)c1ccc(-c2c(F)ccc(N[N+](O)(S)c3cc(F)cc4c3CCC4=O)c2F)c(F)c1N.CCC. The Labute approximate surface area is 227 Å². The van der Waals surface area contributed by atoms with Crippen LogP contribution in [0.1, 0.15) is 55.1 Å². The zero-order valence-corrected chi connectivity index (χ0v) is 22.2. The summed E-state index contributed by atoms with van der Waals surface area (Å²) in [5.74, 6) is -5.61. The van der Waals surface area contributed by atoms with Crippen molar-refractivity contribution in [1.29, 1.82) is 5.41 Å². The minimum absolute atomic E-state index is 0.0615. The topological polar surface area (TPSA) is 116 Å². The van der Waals surface area contributed by atoms with Crippen LogP contribution in [-0.4, -0.2) is 22.5 Å². The van der Waals surface area contributed by atoms with Crippen LogP contribution in [0, 0.1) is 28.7 Å². The lowest BCUT2D eigenvalue weighted by Crippen LogP contribution is -2.42. The molecule has 1 aliphatic carbocycles. The Bertz CT molecular complexity index is 1490. The Morgan fingerprint density at radius 1 is 1.08 bits per heavy atom. The highest BCUT2D eigenvalue weighted by molar-refractivity contribution is 7.79. The number of fused-ring (bicyclic) bond motifs is 1. The lowest BCUT2D eigenvalue weighted by atomic mass is 9.97. The highest BCUT2D eigenvalue weighted by atomic mass is 32.1. The Kier molecular flexibility index (Phi) is 8.84. The quantitative estimate of drug-likeness (QED) is 0.0582. The molecule has 3 aromatic rings. The molecule has 3 aromatic carbocycles. The summed E-state index contributed by atoms with van der Waals surface area (Å²) in [6.45, 7) is 5.34. The largest absolute Gasteiger partial charge is 0.396 e. The van der Waals surface area contributed by atoms with E-state index in [0.717, 1.165) is 43.3 Å². The van der Waals surface area contributed by atoms with E-state index in [1.807, 2.05) is 0 Å². The maximum absolute atomic E-state index is 15.5. The van der Waals surface area contributed by atoms with Gasteiger partial charge < -0.3 is 5.73 Å². The average molecular weight is 564 g/mol. The van der Waals surface area contributed by atoms with Gasteiger partial charge in [-0.25, -0.2) is 17.6 Å². The summed E-state index contributed by atoms with van der Waals surface area (Å²) in [4.78, 5) is 23.5. The number of thiol groups is 1. The number of halogens is 4. The van der Waals surface area contributed by atoms with Gasteiger partial charge in [-0.15, -0.1) is 0 Å². The molecule has 0 fully saturated rings. The zero-order valence-electron chi connectivity index (χ0n) is 21.3. The van der Waals surface area contributed by atoms with Gasteiger partial charge in [-0.3, -0.25) is 15.0 Å². The third-order valence-electron chi connectivity index (χ3n) is 5.87. The minimum atomic E-state index is -1.60. The fraction of sp³-hybridized carbons (Fsp3) is 0.222. The van der Waals surface area contributed by atoms with Crippen molar-refractivity contribution in [3.63, 3.8) is 0 Å². The van der Waals surface area contributed by atoms with E-state index in [1.54, 1.807) is 0 Å². The number of quaternary nitrogens is 1. The molecule has 12 heteroatoms. The summed E-state index contributed by atoms with van der Waals surface area (Å²) >= 11 is 4.04. The Hall–Kier alpha value is -3.74. The number of anilines is 2. The average Bonchev–Trinajstić information content (AvgIpc) is 3.23. The standard InChI is InChI=1S/C24H19F4N4O3S.C3H8/c1-10(33)23(29)14-3-2-13(21(27)24(14)30)20-16(26)5-6-17(22(20)28)31-32(35,36)18-9-11(25)8-15-12(18)4-7-19(15)34;1-3-2/h2-3,5-6,8-9,29,31,35-36H,4,7,30H2,1H3;3H2,1-2H3/q+1;. The van der Waals surface area contributed by atoms with Crippen molar-refractivity contribution < 1.29 is 32.4 Å². The van der Waals surface area contributed by atoms with Gasteiger partial charge in [0.25, 0.3) is 0 Å². The van der Waals surface area contributed by atoms with Gasteiger partial charge in [0.2, 0.25) is 5.69 Å². The Morgan fingerprint density at radius 3 is 2.33 bits per heavy atom. The number of carbonyl (C=O) groups is 2. The maximum Gasteiger partial charge on any atom is 0.210 e. The second-order valence-electron chi connectivity index (χ2n) is 8.90. The van der Waals surface area contributed by atoms with E-state index in [0.29, 0.717) is 5.56 Å². The number of nitrogens with two attached hydrogens (primary N) is 1. The number of Topliss-reactive ketones (excluding diaryl/α,β-unsaturated/α-hetero) is 2. The van der Waals surface area contributed by atoms with E-state index in [9.17, 15) is 23.6 Å². The normalized spacial score (nSPS) is 13.7. The number of benzene rings is 3. The van der Waals surface area contributed by atoms with Gasteiger partial charge in [0.15, 0.2) is 23.2 Å². The van der Waals surface area contributed by atoms with Crippen molar-refractivity contribution in [2.24, 2.45) is 0 Å². The first-order chi connectivity index (χ1) is 18.2. The number of hydrogen-bond donors (Lipinski definition) is 5. The second kappa shape index (κ2) is 11.6. The van der Waals surface area contributed by atoms with Crippen molar-refractivity contribution in [1.82, 2.24) is 4.16 Å². The van der Waals surface area contributed by atoms with E-state index < -0.39 is 61.4 Å². The highest BCUT2D eigenvalue weighted by Crippen LogP contribution is 2.39. The molecule has 39 heavy (non-hydrogen) atoms. The van der Waals surface area contributed by atoms with Gasteiger partial charge in [0.1, 0.15) is 35.8 Å². The first-order valence-corrected chi connectivity index (χ1v) is 12.3. The molecule has 7 nitrogen and oxygen atoms in total. The molecule has 1 unspecified atom stereocenters. The van der Waals surface area contributed by atoms with E-state index in [1.165, 1.54) is 6.42 Å². The van der Waals surface area contributed by atoms with Crippen LogP contribution in [-0.2, 0) is 11.2 Å². The third kappa shape index (κ3) is 5.82. The van der Waals surface area contributed by atoms with Crippen molar-refractivity contribution in [3.05, 3.63) is 76.4 Å². The monoisotopic (exact) mass is 563 g/mol. The maximum atomic E-state index is 15.5. The summed E-state index contributed by atoms with van der Waals surface area (Å²) in [5.41, 5.74) is 4.73. The van der Waals surface area contributed by atoms with E-state index in [2.05, 4.69) is 32.1 Å².